The molecule has 6 rings (SSSR count). The molecule has 5 heteroatoms. The number of likely N-dealkylation sites (tertiary alicyclic amines) is 1. The van der Waals surface area contributed by atoms with Crippen molar-refractivity contribution in [1.82, 2.24) is 0 Å². The fourth-order valence-corrected chi connectivity index (χ4v) is 10.4. The summed E-state index contributed by atoms with van der Waals surface area (Å²) < 4.78 is 41.2. The summed E-state index contributed by atoms with van der Waals surface area (Å²) in [5.74, 6) is 0.433. The minimum absolute atomic E-state index is 0.104. The second-order valence-corrected chi connectivity index (χ2v) is 14.6. The lowest BCUT2D eigenvalue weighted by molar-refractivity contribution is -1.04. The summed E-state index contributed by atoms with van der Waals surface area (Å²) in [6, 6.07) is -0.378. The molecule has 37 heavy (non-hydrogen) atoms. The molecule has 0 radical (unpaired) electrons. The van der Waals surface area contributed by atoms with Gasteiger partial charge in [-0.1, -0.05) is 13.8 Å². The molecule has 2 saturated carbocycles. The Balaban J connectivity index is 1.92. The fourth-order valence-electron chi connectivity index (χ4n) is 10.4. The molecule has 204 valence electrons. The topological polar surface area (TPSA) is 55.8 Å². The lowest BCUT2D eigenvalue weighted by atomic mass is 9.33. The van der Waals surface area contributed by atoms with E-state index in [1.807, 2.05) is 6.92 Å². The predicted molar refractivity (Wildman–Crippen MR) is 145 cm³/mol. The summed E-state index contributed by atoms with van der Waals surface area (Å²) >= 11 is 0. The number of hydrogen-bond acceptors (Lipinski definition) is 4. The second kappa shape index (κ2) is 6.94. The maximum Gasteiger partial charge on any atom is 0.174 e. The second-order valence-electron chi connectivity index (χ2n) is 14.6. The maximum atomic E-state index is 14.3. The summed E-state index contributed by atoms with van der Waals surface area (Å²) in [4.78, 5) is 14.3. The first-order valence-corrected chi connectivity index (χ1v) is 14.2. The highest BCUT2D eigenvalue weighted by atomic mass is 16.5. The van der Waals surface area contributed by atoms with Crippen LogP contribution in [0.2, 0.25) is 0 Å². The van der Waals surface area contributed by atoms with Crippen molar-refractivity contribution < 1.29 is 28.0 Å². The van der Waals surface area contributed by atoms with Crippen molar-refractivity contribution in [2.75, 3.05) is 13.7 Å². The van der Waals surface area contributed by atoms with Gasteiger partial charge in [-0.2, -0.15) is 0 Å². The van der Waals surface area contributed by atoms with Gasteiger partial charge < -0.3 is 19.1 Å². The Morgan fingerprint density at radius 3 is 2.30 bits per heavy atom. The molecule has 5 nitrogen and oxygen atoms in total. The number of piperidine rings is 1. The molecule has 5 atom stereocenters. The molecule has 2 aliphatic heterocycles. The number of ether oxygens (including phenoxy) is 2. The quantitative estimate of drug-likeness (QED) is 0.539. The highest BCUT2D eigenvalue weighted by molar-refractivity contribution is 5.91. The molecule has 5 aliphatic rings. The minimum atomic E-state index is -2.44. The summed E-state index contributed by atoms with van der Waals surface area (Å²) in [5.41, 5.74) is -1.65. The fraction of sp³-hybridized carbons (Fsp3) is 0.781. The number of carbonyl (C=O) groups is 1. The number of rotatable bonds is 4. The van der Waals surface area contributed by atoms with Gasteiger partial charge in [0.2, 0.25) is 0 Å². The van der Waals surface area contributed by atoms with Gasteiger partial charge in [-0.25, -0.2) is 0 Å². The van der Waals surface area contributed by atoms with Gasteiger partial charge in [0.15, 0.2) is 23.4 Å². The molecule has 2 bridgehead atoms. The van der Waals surface area contributed by atoms with E-state index in [9.17, 15) is 11.3 Å². The van der Waals surface area contributed by atoms with Gasteiger partial charge in [-0.15, -0.1) is 0 Å². The maximum absolute atomic E-state index is 14.3. The largest absolute Gasteiger partial charge is 0.493 e. The Morgan fingerprint density at radius 1 is 1.14 bits per heavy atom. The van der Waals surface area contributed by atoms with E-state index in [-0.39, 0.29) is 12.5 Å². The predicted octanol–water partition coefficient (Wildman–Crippen LogP) is 5.52. The molecule has 2 heterocycles. The van der Waals surface area contributed by atoms with Crippen LogP contribution in [0.3, 0.4) is 0 Å². The normalized spacial score (nSPS) is 44.4. The van der Waals surface area contributed by atoms with Crippen molar-refractivity contribution in [2.45, 2.75) is 135 Å². The Labute approximate surface area is 227 Å². The van der Waals surface area contributed by atoms with Crippen molar-refractivity contribution in [2.24, 2.45) is 11.3 Å². The standard InChI is InChI=1S/C32H48NO4/c1-17(2)33(16-20-12-13-20)27-28(5,6)22-18(3)19(4)24(36-11)25-23(22)32(29(7,8)30(33,9)10)26(37-25)21(34)14-15-31(27,32)35/h17,20,26-27,35H,12-16H2,1-11H3/q+1/t26-,27+,31-,32-,33?/m0/s1/i14D2,26D. The van der Waals surface area contributed by atoms with Gasteiger partial charge in [0, 0.05) is 31.4 Å². The van der Waals surface area contributed by atoms with E-state index in [0.717, 1.165) is 36.1 Å². The third-order valence-electron chi connectivity index (χ3n) is 12.4. The van der Waals surface area contributed by atoms with Crippen molar-refractivity contribution in [1.29, 1.82) is 0 Å². The van der Waals surface area contributed by atoms with E-state index < -0.39 is 51.7 Å². The number of nitrogens with zero attached hydrogens (tertiary/aromatic N) is 1. The third-order valence-corrected chi connectivity index (χ3v) is 12.4. The molecule has 1 aromatic carbocycles. The molecule has 3 fully saturated rings. The Bertz CT molecular complexity index is 1360. The molecular weight excluding hydrogens is 462 g/mol. The number of quaternary nitrogens is 1. The third kappa shape index (κ3) is 2.34. The number of Topliss-reactive ketones (excluding diaryl/α,β-unsaturated/α-hetero) is 1. The zero-order valence-electron chi connectivity index (χ0n) is 27.7. The Hall–Kier alpha value is -1.59. The van der Waals surface area contributed by atoms with Crippen LogP contribution in [0, 0.1) is 25.2 Å². The summed E-state index contributed by atoms with van der Waals surface area (Å²) in [7, 11) is 1.57. The molecule has 0 amide bonds. The summed E-state index contributed by atoms with van der Waals surface area (Å²) in [6.07, 6.45) is -2.85. The van der Waals surface area contributed by atoms with Gasteiger partial charge in [-0.05, 0) is 91.3 Å². The van der Waals surface area contributed by atoms with Gasteiger partial charge in [0.1, 0.15) is 17.2 Å². The number of benzene rings is 1. The molecule has 1 N–H and O–H groups in total. The number of carbonyl (C=O) groups excluding carboxylic acids is 1. The summed E-state index contributed by atoms with van der Waals surface area (Å²) in [5, 5.41) is 13.7. The molecule has 3 aliphatic carbocycles. The van der Waals surface area contributed by atoms with Crippen LogP contribution in [-0.4, -0.2) is 58.3 Å². The molecule has 1 spiro atoms. The lowest BCUT2D eigenvalue weighted by Crippen LogP contribution is -2.95. The van der Waals surface area contributed by atoms with Crippen LogP contribution in [0.1, 0.15) is 107 Å². The van der Waals surface area contributed by atoms with E-state index in [0.29, 0.717) is 27.5 Å². The highest BCUT2D eigenvalue weighted by Crippen LogP contribution is 2.78. The summed E-state index contributed by atoms with van der Waals surface area (Å²) in [6.45, 7) is 22.6. The van der Waals surface area contributed by atoms with Crippen LogP contribution in [0.25, 0.3) is 0 Å². The monoisotopic (exact) mass is 513 g/mol. The SMILES string of the molecule is [2H]C1([2H])C[C@]2(O)[C@H]3C(C)(C)c4c(C)c(C)c(OC)c5c4[C@@]2(C(C)(C)C(C)(C)[N+]3(CC2CC2)C(C)C)[C@@]([2H])(O5)C1=O. The first-order valence-electron chi connectivity index (χ1n) is 15.7. The number of aliphatic hydroxyl groups is 1. The zero-order chi connectivity index (χ0) is 30.0. The van der Waals surface area contributed by atoms with Crippen LogP contribution in [0.15, 0.2) is 0 Å². The average molecular weight is 514 g/mol. The van der Waals surface area contributed by atoms with Crippen LogP contribution in [-0.2, 0) is 15.6 Å². The first kappa shape index (κ1) is 22.2. The molecular formula is C32H48NO4+. The smallest absolute Gasteiger partial charge is 0.174 e. The van der Waals surface area contributed by atoms with Crippen molar-refractivity contribution in [3.63, 3.8) is 0 Å². The lowest BCUT2D eigenvalue weighted by Gasteiger charge is -2.80. The van der Waals surface area contributed by atoms with E-state index in [1.54, 1.807) is 7.11 Å². The number of hydrogen-bond donors (Lipinski definition) is 1. The van der Waals surface area contributed by atoms with Gasteiger partial charge in [-0.3, -0.25) is 4.79 Å². The number of methoxy groups -OCH3 is 1. The van der Waals surface area contributed by atoms with Crippen molar-refractivity contribution in [3.05, 3.63) is 22.3 Å². The van der Waals surface area contributed by atoms with Crippen LogP contribution < -0.4 is 9.47 Å². The molecule has 1 saturated heterocycles. The first-order chi connectivity index (χ1) is 18.1. The number of ketones is 1. The zero-order valence-corrected chi connectivity index (χ0v) is 24.7. The van der Waals surface area contributed by atoms with Crippen molar-refractivity contribution in [3.8, 4) is 11.5 Å². The van der Waals surface area contributed by atoms with E-state index in [1.165, 1.54) is 0 Å². The van der Waals surface area contributed by atoms with Gasteiger partial charge in [0.05, 0.1) is 26.5 Å². The van der Waals surface area contributed by atoms with E-state index in [2.05, 4.69) is 62.3 Å². The molecule has 1 unspecified atom stereocenters. The van der Waals surface area contributed by atoms with E-state index >= 15 is 0 Å². The van der Waals surface area contributed by atoms with E-state index in [4.69, 9.17) is 12.2 Å². The highest BCUT2D eigenvalue weighted by Gasteiger charge is 2.89. The molecule has 1 aromatic rings. The van der Waals surface area contributed by atoms with Gasteiger partial charge >= 0.3 is 0 Å². The Morgan fingerprint density at radius 2 is 1.76 bits per heavy atom. The van der Waals surface area contributed by atoms with Gasteiger partial charge in [0.25, 0.3) is 0 Å². The van der Waals surface area contributed by atoms with Crippen LogP contribution in [0.5, 0.6) is 11.5 Å². The minimum Gasteiger partial charge on any atom is -0.493 e. The van der Waals surface area contributed by atoms with Crippen LogP contribution >= 0.6 is 0 Å². The molecule has 0 aromatic heterocycles. The van der Waals surface area contributed by atoms with Crippen LogP contribution in [0.4, 0.5) is 0 Å². The average Bonchev–Trinajstić information content (AvgIpc) is 3.57. The Kier molecular flexibility index (Phi) is 4.17. The van der Waals surface area contributed by atoms with Crippen molar-refractivity contribution >= 4 is 5.78 Å².